The summed E-state index contributed by atoms with van der Waals surface area (Å²) in [5.74, 6) is -1.03. The summed E-state index contributed by atoms with van der Waals surface area (Å²) in [6.45, 7) is 2.28. The van der Waals surface area contributed by atoms with E-state index in [-0.39, 0.29) is 18.1 Å². The van der Waals surface area contributed by atoms with Gasteiger partial charge in [-0.25, -0.2) is 4.39 Å². The average molecular weight is 279 g/mol. The summed E-state index contributed by atoms with van der Waals surface area (Å²) in [6.07, 6.45) is 1.75. The predicted molar refractivity (Wildman–Crippen MR) is 70.6 cm³/mol. The Hall–Kier alpha value is -1.46. The van der Waals surface area contributed by atoms with Gasteiger partial charge in [0, 0.05) is 13.0 Å². The molecule has 5 heteroatoms. The van der Waals surface area contributed by atoms with Gasteiger partial charge in [0.15, 0.2) is 5.79 Å². The lowest BCUT2D eigenvalue weighted by Crippen LogP contribution is -2.51. The molecule has 2 aliphatic rings. The maximum Gasteiger partial charge on any atom is 0.227 e. The van der Waals surface area contributed by atoms with Gasteiger partial charge in [0.2, 0.25) is 5.91 Å². The summed E-state index contributed by atoms with van der Waals surface area (Å²) in [5.41, 5.74) is 0.436. The fourth-order valence-corrected chi connectivity index (χ4v) is 2.85. The minimum atomic E-state index is -0.622. The highest BCUT2D eigenvalue weighted by atomic mass is 19.1. The molecule has 0 atom stereocenters. The van der Waals surface area contributed by atoms with Gasteiger partial charge >= 0.3 is 0 Å². The largest absolute Gasteiger partial charge is 0.346 e. The van der Waals surface area contributed by atoms with Crippen LogP contribution in [0, 0.1) is 5.82 Å². The number of hydrogen-bond acceptors (Lipinski definition) is 3. The van der Waals surface area contributed by atoms with Crippen LogP contribution < -0.4 is 0 Å². The number of carbonyl (C=O) groups is 1. The van der Waals surface area contributed by atoms with Crippen LogP contribution in [0.15, 0.2) is 24.3 Å². The third-order valence-corrected chi connectivity index (χ3v) is 3.88. The number of carbonyl (C=O) groups excluding carboxylic acids is 1. The van der Waals surface area contributed by atoms with Crippen LogP contribution in [-0.4, -0.2) is 42.9 Å². The summed E-state index contributed by atoms with van der Waals surface area (Å²) >= 11 is 0. The number of rotatable bonds is 2. The van der Waals surface area contributed by atoms with E-state index in [1.807, 2.05) is 0 Å². The van der Waals surface area contributed by atoms with E-state index >= 15 is 0 Å². The number of nitrogens with zero attached hydrogens (tertiary/aromatic N) is 1. The van der Waals surface area contributed by atoms with E-state index in [0.29, 0.717) is 31.9 Å². The molecule has 4 nitrogen and oxygen atoms in total. The quantitative estimate of drug-likeness (QED) is 0.827. The third-order valence-electron chi connectivity index (χ3n) is 3.88. The van der Waals surface area contributed by atoms with Gasteiger partial charge in [-0.05, 0) is 18.1 Å². The van der Waals surface area contributed by atoms with Gasteiger partial charge in [-0.15, -0.1) is 0 Å². The molecule has 2 fully saturated rings. The van der Waals surface area contributed by atoms with Gasteiger partial charge in [0.1, 0.15) is 5.82 Å². The molecule has 1 spiro atoms. The first-order valence-electron chi connectivity index (χ1n) is 6.98. The zero-order valence-corrected chi connectivity index (χ0v) is 11.3. The SMILES string of the molecule is O=C(Cc1ccccc1F)N1CCCC2(C1)OCCO2. The van der Waals surface area contributed by atoms with Crippen LogP contribution in [0.2, 0.25) is 0 Å². The van der Waals surface area contributed by atoms with Crippen molar-refractivity contribution in [1.29, 1.82) is 0 Å². The molecule has 0 unspecified atom stereocenters. The summed E-state index contributed by atoms with van der Waals surface area (Å²) in [6, 6.07) is 6.39. The van der Waals surface area contributed by atoms with Crippen LogP contribution in [-0.2, 0) is 20.7 Å². The molecule has 3 rings (SSSR count). The van der Waals surface area contributed by atoms with Crippen molar-refractivity contribution in [3.63, 3.8) is 0 Å². The van der Waals surface area contributed by atoms with Gasteiger partial charge in [-0.2, -0.15) is 0 Å². The van der Waals surface area contributed by atoms with E-state index < -0.39 is 5.79 Å². The number of ether oxygens (including phenoxy) is 2. The maximum atomic E-state index is 13.6. The minimum absolute atomic E-state index is 0.0757. The molecular weight excluding hydrogens is 261 g/mol. The smallest absolute Gasteiger partial charge is 0.227 e. The fraction of sp³-hybridized carbons (Fsp3) is 0.533. The van der Waals surface area contributed by atoms with Crippen molar-refractivity contribution in [3.8, 4) is 0 Å². The molecule has 0 bridgehead atoms. The van der Waals surface area contributed by atoms with E-state index in [1.54, 1.807) is 23.1 Å². The van der Waals surface area contributed by atoms with Gasteiger partial charge in [-0.3, -0.25) is 4.79 Å². The molecule has 1 aromatic rings. The highest BCUT2D eigenvalue weighted by Gasteiger charge is 2.41. The van der Waals surface area contributed by atoms with E-state index in [2.05, 4.69) is 0 Å². The molecule has 1 aromatic carbocycles. The van der Waals surface area contributed by atoms with Crippen molar-refractivity contribution in [1.82, 2.24) is 4.90 Å². The topological polar surface area (TPSA) is 38.8 Å². The second-order valence-electron chi connectivity index (χ2n) is 5.29. The lowest BCUT2D eigenvalue weighted by atomic mass is 10.0. The first-order chi connectivity index (χ1) is 9.69. The van der Waals surface area contributed by atoms with Crippen molar-refractivity contribution in [3.05, 3.63) is 35.6 Å². The van der Waals surface area contributed by atoms with Gasteiger partial charge in [0.05, 0.1) is 26.2 Å². The summed E-state index contributed by atoms with van der Waals surface area (Å²) in [5, 5.41) is 0. The number of halogens is 1. The number of hydrogen-bond donors (Lipinski definition) is 0. The second-order valence-corrected chi connectivity index (χ2v) is 5.29. The normalized spacial score (nSPS) is 21.4. The summed E-state index contributed by atoms with van der Waals surface area (Å²) in [4.78, 5) is 14.0. The standard InChI is InChI=1S/C15H18FNO3/c16-13-5-2-1-4-12(13)10-14(18)17-7-3-6-15(11-17)19-8-9-20-15/h1-2,4-5H,3,6-11H2. The van der Waals surface area contributed by atoms with Crippen LogP contribution in [0.25, 0.3) is 0 Å². The Morgan fingerprint density at radius 3 is 2.80 bits per heavy atom. The highest BCUT2D eigenvalue weighted by molar-refractivity contribution is 5.79. The molecule has 0 radical (unpaired) electrons. The van der Waals surface area contributed by atoms with Crippen LogP contribution in [0.4, 0.5) is 4.39 Å². The fourth-order valence-electron chi connectivity index (χ4n) is 2.85. The lowest BCUT2D eigenvalue weighted by Gasteiger charge is -2.38. The van der Waals surface area contributed by atoms with Crippen LogP contribution >= 0.6 is 0 Å². The molecule has 1 amide bonds. The predicted octanol–water partition coefficient (Wildman–Crippen LogP) is 1.73. The molecule has 108 valence electrons. The Bertz CT molecular complexity index is 500. The van der Waals surface area contributed by atoms with Crippen molar-refractivity contribution in [2.45, 2.75) is 25.0 Å². The molecule has 2 heterocycles. The van der Waals surface area contributed by atoms with E-state index in [0.717, 1.165) is 12.8 Å². The summed E-state index contributed by atoms with van der Waals surface area (Å²) in [7, 11) is 0. The number of likely N-dealkylation sites (tertiary alicyclic amines) is 1. The van der Waals surface area contributed by atoms with Crippen LogP contribution in [0.3, 0.4) is 0 Å². The van der Waals surface area contributed by atoms with Crippen molar-refractivity contribution >= 4 is 5.91 Å². The van der Waals surface area contributed by atoms with Crippen molar-refractivity contribution < 1.29 is 18.7 Å². The Balaban J connectivity index is 1.66. The van der Waals surface area contributed by atoms with E-state index in [1.165, 1.54) is 6.07 Å². The monoisotopic (exact) mass is 279 g/mol. The second kappa shape index (κ2) is 5.50. The van der Waals surface area contributed by atoms with Gasteiger partial charge in [0.25, 0.3) is 0 Å². The first-order valence-corrected chi connectivity index (χ1v) is 6.98. The third kappa shape index (κ3) is 2.69. The van der Waals surface area contributed by atoms with Crippen LogP contribution in [0.1, 0.15) is 18.4 Å². The molecule has 0 N–H and O–H groups in total. The molecule has 20 heavy (non-hydrogen) atoms. The van der Waals surface area contributed by atoms with Crippen molar-refractivity contribution in [2.24, 2.45) is 0 Å². The van der Waals surface area contributed by atoms with Crippen LogP contribution in [0.5, 0.6) is 0 Å². The molecule has 2 aliphatic heterocycles. The number of piperidine rings is 1. The Labute approximate surface area is 117 Å². The Morgan fingerprint density at radius 2 is 2.05 bits per heavy atom. The Morgan fingerprint density at radius 1 is 1.30 bits per heavy atom. The Kier molecular flexibility index (Phi) is 3.72. The number of benzene rings is 1. The first kappa shape index (κ1) is 13.5. The molecule has 0 aromatic heterocycles. The average Bonchev–Trinajstić information content (AvgIpc) is 2.89. The maximum absolute atomic E-state index is 13.6. The highest BCUT2D eigenvalue weighted by Crippen LogP contribution is 2.30. The van der Waals surface area contributed by atoms with E-state index in [4.69, 9.17) is 9.47 Å². The zero-order valence-electron chi connectivity index (χ0n) is 11.3. The molecule has 2 saturated heterocycles. The van der Waals surface area contributed by atoms with Gasteiger partial charge in [-0.1, -0.05) is 18.2 Å². The number of amides is 1. The molecular formula is C15H18FNO3. The van der Waals surface area contributed by atoms with Crippen molar-refractivity contribution in [2.75, 3.05) is 26.3 Å². The minimum Gasteiger partial charge on any atom is -0.346 e. The van der Waals surface area contributed by atoms with E-state index in [9.17, 15) is 9.18 Å². The lowest BCUT2D eigenvalue weighted by molar-refractivity contribution is -0.192. The summed E-state index contributed by atoms with van der Waals surface area (Å²) < 4.78 is 24.9. The molecule has 0 saturated carbocycles. The van der Waals surface area contributed by atoms with Gasteiger partial charge < -0.3 is 14.4 Å². The zero-order chi connectivity index (χ0) is 14.0. The molecule has 0 aliphatic carbocycles.